The van der Waals surface area contributed by atoms with Crippen molar-refractivity contribution in [3.8, 4) is 0 Å². The maximum atomic E-state index is 8.09. The van der Waals surface area contributed by atoms with Gasteiger partial charge in [0.05, 0.1) is 26.4 Å². The molecule has 0 saturated heterocycles. The van der Waals surface area contributed by atoms with Gasteiger partial charge in [0, 0.05) is 0 Å². The van der Waals surface area contributed by atoms with Crippen molar-refractivity contribution in [3.63, 3.8) is 0 Å². The van der Waals surface area contributed by atoms with E-state index in [0.29, 0.717) is 13.2 Å². The number of aliphatic hydroxyl groups is 2. The molecule has 0 heterocycles. The summed E-state index contributed by atoms with van der Waals surface area (Å²) in [5.74, 6) is 0. The molecular weight excluding hydrogens is 288 g/mol. The lowest BCUT2D eigenvalue weighted by Gasteiger charge is -1.94. The molecule has 0 atom stereocenters. The molecule has 0 radical (unpaired) electrons. The van der Waals surface area contributed by atoms with Gasteiger partial charge in [-0.2, -0.15) is 0 Å². The van der Waals surface area contributed by atoms with E-state index in [4.69, 9.17) is 10.2 Å². The molecule has 0 saturated carbocycles. The second kappa shape index (κ2) is 13.9. The van der Waals surface area contributed by atoms with Crippen molar-refractivity contribution in [2.24, 2.45) is 0 Å². The van der Waals surface area contributed by atoms with Gasteiger partial charge in [-0.3, -0.25) is 0 Å². The van der Waals surface area contributed by atoms with E-state index in [-0.39, 0.29) is 13.2 Å². The van der Waals surface area contributed by atoms with E-state index in [1.165, 1.54) is 22.3 Å². The lowest BCUT2D eigenvalue weighted by Crippen LogP contribution is -2.03. The van der Waals surface area contributed by atoms with Crippen LogP contribution < -0.4 is 0 Å². The van der Waals surface area contributed by atoms with E-state index in [9.17, 15) is 0 Å². The first-order chi connectivity index (χ1) is 11.0. The van der Waals surface area contributed by atoms with Crippen LogP contribution in [0, 0.1) is 27.7 Å². The predicted octanol–water partition coefficient (Wildman–Crippen LogP) is 3.59. The molecule has 0 spiro atoms. The van der Waals surface area contributed by atoms with E-state index < -0.39 is 0 Å². The molecule has 2 N–H and O–H groups in total. The summed E-state index contributed by atoms with van der Waals surface area (Å²) in [7, 11) is 0. The van der Waals surface area contributed by atoms with E-state index in [1.54, 1.807) is 0 Å². The van der Waals surface area contributed by atoms with E-state index in [0.717, 1.165) is 0 Å². The summed E-state index contributed by atoms with van der Waals surface area (Å²) in [6, 6.07) is 17.0. The van der Waals surface area contributed by atoms with Crippen LogP contribution in [0.15, 0.2) is 48.5 Å². The first-order valence-electron chi connectivity index (χ1n) is 7.85. The van der Waals surface area contributed by atoms with Crippen LogP contribution in [0.5, 0.6) is 0 Å². The van der Waals surface area contributed by atoms with Crippen molar-refractivity contribution in [1.29, 1.82) is 0 Å². The maximum Gasteiger partial charge on any atom is 0.0698 e. The number of hydrogen-bond donors (Lipinski definition) is 2. The third-order valence-corrected chi connectivity index (χ3v) is 2.91. The third kappa shape index (κ3) is 13.7. The van der Waals surface area contributed by atoms with Gasteiger partial charge in [0.15, 0.2) is 0 Å². The van der Waals surface area contributed by atoms with Gasteiger partial charge in [-0.15, -0.1) is 0 Å². The topological polar surface area (TPSA) is 49.7 Å². The smallest absolute Gasteiger partial charge is 0.0698 e. The fraction of sp³-hybridized carbons (Fsp3) is 0.400. The number of ether oxygens (including phenoxy) is 1. The quantitative estimate of drug-likeness (QED) is 0.847. The molecule has 0 aromatic heterocycles. The number of benzene rings is 2. The highest BCUT2D eigenvalue weighted by Crippen LogP contribution is 2.00. The summed E-state index contributed by atoms with van der Waals surface area (Å²) < 4.78 is 4.63. The number of aryl methyl sites for hydroxylation is 4. The number of aliphatic hydroxyl groups excluding tert-OH is 2. The van der Waals surface area contributed by atoms with Crippen molar-refractivity contribution >= 4 is 0 Å². The van der Waals surface area contributed by atoms with Crippen molar-refractivity contribution in [2.75, 3.05) is 26.4 Å². The maximum absolute atomic E-state index is 8.09. The third-order valence-electron chi connectivity index (χ3n) is 2.91. The van der Waals surface area contributed by atoms with Crippen LogP contribution >= 0.6 is 0 Å². The summed E-state index contributed by atoms with van der Waals surface area (Å²) in [5.41, 5.74) is 5.32. The largest absolute Gasteiger partial charge is 0.394 e. The molecule has 2 aromatic rings. The Labute approximate surface area is 140 Å². The molecule has 0 bridgehead atoms. The van der Waals surface area contributed by atoms with Crippen molar-refractivity contribution in [3.05, 3.63) is 70.8 Å². The molecule has 0 aliphatic carbocycles. The highest BCUT2D eigenvalue weighted by Gasteiger charge is 1.81. The van der Waals surface area contributed by atoms with Gasteiger partial charge in [-0.05, 0) is 27.7 Å². The Balaban J connectivity index is 0.000000317. The number of rotatable bonds is 4. The van der Waals surface area contributed by atoms with Crippen LogP contribution in [0.3, 0.4) is 0 Å². The SMILES string of the molecule is Cc1ccc(C)cc1.Cc1ccc(C)cc1.OCCOCCO. The summed E-state index contributed by atoms with van der Waals surface area (Å²) in [6.45, 7) is 9.08. The summed E-state index contributed by atoms with van der Waals surface area (Å²) >= 11 is 0. The zero-order valence-corrected chi connectivity index (χ0v) is 14.7. The number of hydrogen-bond acceptors (Lipinski definition) is 3. The van der Waals surface area contributed by atoms with Gasteiger partial charge in [0.25, 0.3) is 0 Å². The van der Waals surface area contributed by atoms with Crippen LogP contribution in [0.1, 0.15) is 22.3 Å². The Morgan fingerprint density at radius 1 is 0.565 bits per heavy atom. The fourth-order valence-electron chi connectivity index (χ4n) is 1.50. The summed E-state index contributed by atoms with van der Waals surface area (Å²) in [6.07, 6.45) is 0. The predicted molar refractivity (Wildman–Crippen MR) is 96.8 cm³/mol. The van der Waals surface area contributed by atoms with Gasteiger partial charge >= 0.3 is 0 Å². The van der Waals surface area contributed by atoms with Gasteiger partial charge in [-0.1, -0.05) is 70.8 Å². The minimum absolute atomic E-state index is 0.0278. The molecule has 0 amide bonds. The monoisotopic (exact) mass is 318 g/mol. The molecule has 128 valence electrons. The standard InChI is InChI=1S/2C8H10.C4H10O3/c2*1-7-3-5-8(2)6-4-7;5-1-3-7-4-2-6/h2*3-6H,1-2H3;5-6H,1-4H2. The average molecular weight is 318 g/mol. The van der Waals surface area contributed by atoms with Gasteiger partial charge < -0.3 is 14.9 Å². The highest BCUT2D eigenvalue weighted by atomic mass is 16.5. The molecule has 0 aliphatic rings. The Bertz CT molecular complexity index is 400. The fourth-order valence-corrected chi connectivity index (χ4v) is 1.50. The lowest BCUT2D eigenvalue weighted by atomic mass is 10.2. The van der Waals surface area contributed by atoms with E-state index in [1.807, 2.05) is 0 Å². The zero-order valence-electron chi connectivity index (χ0n) is 14.7. The molecule has 0 fully saturated rings. The Morgan fingerprint density at radius 2 is 0.783 bits per heavy atom. The molecule has 0 aliphatic heterocycles. The van der Waals surface area contributed by atoms with Crippen molar-refractivity contribution in [2.45, 2.75) is 27.7 Å². The first-order valence-corrected chi connectivity index (χ1v) is 7.85. The van der Waals surface area contributed by atoms with Crippen LogP contribution in [-0.4, -0.2) is 36.6 Å². The minimum Gasteiger partial charge on any atom is -0.394 e. The summed E-state index contributed by atoms with van der Waals surface area (Å²) in [4.78, 5) is 0. The molecule has 23 heavy (non-hydrogen) atoms. The normalized spacial score (nSPS) is 9.30. The van der Waals surface area contributed by atoms with Crippen molar-refractivity contribution in [1.82, 2.24) is 0 Å². The van der Waals surface area contributed by atoms with Gasteiger partial charge in [-0.25, -0.2) is 0 Å². The second-order valence-corrected chi connectivity index (χ2v) is 5.37. The Hall–Kier alpha value is -1.68. The molecule has 3 nitrogen and oxygen atoms in total. The molecule has 0 unspecified atom stereocenters. The highest BCUT2D eigenvalue weighted by molar-refractivity contribution is 5.20. The molecule has 3 heteroatoms. The van der Waals surface area contributed by atoms with Crippen LogP contribution in [0.25, 0.3) is 0 Å². The Morgan fingerprint density at radius 3 is 0.957 bits per heavy atom. The van der Waals surface area contributed by atoms with Crippen LogP contribution in [0.4, 0.5) is 0 Å². The van der Waals surface area contributed by atoms with Gasteiger partial charge in [0.2, 0.25) is 0 Å². The molecule has 2 rings (SSSR count). The van der Waals surface area contributed by atoms with Crippen molar-refractivity contribution < 1.29 is 14.9 Å². The minimum atomic E-state index is 0.0278. The van der Waals surface area contributed by atoms with E-state index >= 15 is 0 Å². The van der Waals surface area contributed by atoms with Gasteiger partial charge in [0.1, 0.15) is 0 Å². The molecular formula is C20H30O3. The van der Waals surface area contributed by atoms with Crippen LogP contribution in [-0.2, 0) is 4.74 Å². The van der Waals surface area contributed by atoms with E-state index in [2.05, 4.69) is 81.0 Å². The van der Waals surface area contributed by atoms with Crippen LogP contribution in [0.2, 0.25) is 0 Å². The lowest BCUT2D eigenvalue weighted by molar-refractivity contribution is 0.0650. The Kier molecular flexibility index (Phi) is 12.9. The average Bonchev–Trinajstić information content (AvgIpc) is 2.55. The second-order valence-electron chi connectivity index (χ2n) is 5.37. The summed E-state index contributed by atoms with van der Waals surface area (Å²) in [5, 5.41) is 16.2. The zero-order chi connectivity index (χ0) is 17.5. The molecule has 2 aromatic carbocycles. The first kappa shape index (κ1) is 21.3.